The molecule has 0 bridgehead atoms. The number of unbranched alkanes of at least 4 members (excludes halogenated alkanes) is 7. The Labute approximate surface area is 107 Å². The van der Waals surface area contributed by atoms with Crippen LogP contribution in [0.2, 0.25) is 0 Å². The Kier molecular flexibility index (Phi) is 10.9. The molecule has 0 aliphatic carbocycles. The summed E-state index contributed by atoms with van der Waals surface area (Å²) in [4.78, 5) is 1.65. The van der Waals surface area contributed by atoms with Gasteiger partial charge in [0.15, 0.2) is 0 Å². The summed E-state index contributed by atoms with van der Waals surface area (Å²) in [5.41, 5.74) is 0. The Morgan fingerprint density at radius 2 is 1.29 bits per heavy atom. The number of hydrogen-bond donors (Lipinski definition) is 2. The fourth-order valence-corrected chi connectivity index (χ4v) is 1.98. The largest absolute Gasteiger partial charge is 0.389 e. The lowest BCUT2D eigenvalue weighted by Gasteiger charge is -2.23. The second kappa shape index (κ2) is 11.0. The molecule has 2 N–H and O–H groups in total. The Morgan fingerprint density at radius 1 is 0.824 bits per heavy atom. The predicted molar refractivity (Wildman–Crippen MR) is 72.9 cm³/mol. The minimum Gasteiger partial charge on any atom is -0.389 e. The monoisotopic (exact) mass is 245 g/mol. The van der Waals surface area contributed by atoms with Crippen LogP contribution in [0.5, 0.6) is 0 Å². The van der Waals surface area contributed by atoms with Gasteiger partial charge in [-0.1, -0.05) is 58.3 Å². The van der Waals surface area contributed by atoms with Crippen LogP contribution >= 0.6 is 0 Å². The second-order valence-electron chi connectivity index (χ2n) is 5.21. The third kappa shape index (κ3) is 9.57. The van der Waals surface area contributed by atoms with Crippen molar-refractivity contribution in [3.8, 4) is 0 Å². The molecule has 0 aromatic rings. The molecule has 0 aromatic carbocycles. The summed E-state index contributed by atoms with van der Waals surface area (Å²) in [5, 5.41) is 19.2. The van der Waals surface area contributed by atoms with Crippen molar-refractivity contribution in [1.82, 2.24) is 4.90 Å². The van der Waals surface area contributed by atoms with Gasteiger partial charge in [0.2, 0.25) is 0 Å². The molecular formula is C14H31NO2. The third-order valence-electron chi connectivity index (χ3n) is 3.23. The van der Waals surface area contributed by atoms with Crippen LogP contribution in [0.15, 0.2) is 0 Å². The van der Waals surface area contributed by atoms with E-state index in [-0.39, 0.29) is 0 Å². The quantitative estimate of drug-likeness (QED) is 0.434. The zero-order valence-corrected chi connectivity index (χ0v) is 11.9. The maximum absolute atomic E-state index is 9.67. The molecule has 3 heteroatoms. The van der Waals surface area contributed by atoms with E-state index in [2.05, 4.69) is 6.92 Å². The lowest BCUT2D eigenvalue weighted by Crippen LogP contribution is -2.38. The molecule has 0 saturated carbocycles. The molecule has 3 nitrogen and oxygen atoms in total. The molecule has 0 fully saturated rings. The van der Waals surface area contributed by atoms with Gasteiger partial charge in [-0.2, -0.15) is 0 Å². The van der Waals surface area contributed by atoms with E-state index >= 15 is 0 Å². The molecule has 0 aromatic heterocycles. The van der Waals surface area contributed by atoms with E-state index in [1.165, 1.54) is 44.9 Å². The van der Waals surface area contributed by atoms with E-state index in [0.29, 0.717) is 6.42 Å². The zero-order chi connectivity index (χ0) is 13.1. The Morgan fingerprint density at radius 3 is 1.76 bits per heavy atom. The molecule has 0 heterocycles. The highest BCUT2D eigenvalue weighted by atomic mass is 16.3. The molecule has 17 heavy (non-hydrogen) atoms. The van der Waals surface area contributed by atoms with Gasteiger partial charge in [-0.3, -0.25) is 4.90 Å². The van der Waals surface area contributed by atoms with Gasteiger partial charge >= 0.3 is 0 Å². The fraction of sp³-hybridized carbons (Fsp3) is 1.00. The van der Waals surface area contributed by atoms with Crippen molar-refractivity contribution in [3.05, 3.63) is 0 Å². The number of aliphatic hydroxyl groups is 2. The first-order valence-corrected chi connectivity index (χ1v) is 7.12. The van der Waals surface area contributed by atoms with E-state index in [0.717, 1.165) is 6.42 Å². The molecule has 2 unspecified atom stereocenters. The van der Waals surface area contributed by atoms with Gasteiger partial charge in [-0.05, 0) is 20.5 Å². The van der Waals surface area contributed by atoms with Gasteiger partial charge in [0, 0.05) is 0 Å². The van der Waals surface area contributed by atoms with E-state index in [4.69, 9.17) is 0 Å². The summed E-state index contributed by atoms with van der Waals surface area (Å²) in [7, 11) is 3.56. The van der Waals surface area contributed by atoms with Crippen molar-refractivity contribution in [2.45, 2.75) is 77.0 Å². The maximum atomic E-state index is 9.67. The minimum atomic E-state index is -0.723. The van der Waals surface area contributed by atoms with E-state index < -0.39 is 12.3 Å². The lowest BCUT2D eigenvalue weighted by atomic mass is 10.0. The van der Waals surface area contributed by atoms with Gasteiger partial charge in [0.05, 0.1) is 6.10 Å². The zero-order valence-electron chi connectivity index (χ0n) is 11.9. The molecule has 0 rings (SSSR count). The highest BCUT2D eigenvalue weighted by Crippen LogP contribution is 2.12. The number of likely N-dealkylation sites (N-methyl/N-ethyl adjacent to an activating group) is 1. The highest BCUT2D eigenvalue weighted by Gasteiger charge is 2.17. The van der Waals surface area contributed by atoms with Gasteiger partial charge in [-0.25, -0.2) is 0 Å². The summed E-state index contributed by atoms with van der Waals surface area (Å²) < 4.78 is 0. The summed E-state index contributed by atoms with van der Waals surface area (Å²) >= 11 is 0. The lowest BCUT2D eigenvalue weighted by molar-refractivity contribution is -0.0652. The first kappa shape index (κ1) is 16.9. The number of aliphatic hydroxyl groups excluding tert-OH is 2. The molecule has 0 aliphatic rings. The average Bonchev–Trinajstić information content (AvgIpc) is 2.31. The average molecular weight is 245 g/mol. The van der Waals surface area contributed by atoms with E-state index in [1.54, 1.807) is 19.0 Å². The molecule has 2 atom stereocenters. The van der Waals surface area contributed by atoms with E-state index in [1.807, 2.05) is 0 Å². The first-order valence-electron chi connectivity index (χ1n) is 7.12. The normalized spacial score (nSPS) is 15.2. The van der Waals surface area contributed by atoms with Crippen LogP contribution in [-0.4, -0.2) is 41.5 Å². The first-order chi connectivity index (χ1) is 8.09. The van der Waals surface area contributed by atoms with Gasteiger partial charge in [0.25, 0.3) is 0 Å². The fourth-order valence-electron chi connectivity index (χ4n) is 1.98. The van der Waals surface area contributed by atoms with Gasteiger partial charge in [-0.15, -0.1) is 0 Å². The Balaban J connectivity index is 3.27. The minimum absolute atomic E-state index is 0.606. The van der Waals surface area contributed by atoms with Crippen molar-refractivity contribution < 1.29 is 10.2 Å². The van der Waals surface area contributed by atoms with Crippen LogP contribution in [0.3, 0.4) is 0 Å². The van der Waals surface area contributed by atoms with Crippen molar-refractivity contribution >= 4 is 0 Å². The second-order valence-corrected chi connectivity index (χ2v) is 5.21. The SMILES string of the molecule is CCCCCCCCCCC(O)C(O)N(C)C. The maximum Gasteiger partial charge on any atom is 0.133 e. The van der Waals surface area contributed by atoms with Gasteiger partial charge in [0.1, 0.15) is 6.23 Å². The molecule has 0 aliphatic heterocycles. The molecule has 0 spiro atoms. The van der Waals surface area contributed by atoms with Crippen molar-refractivity contribution in [3.63, 3.8) is 0 Å². The van der Waals surface area contributed by atoms with Crippen LogP contribution in [0, 0.1) is 0 Å². The van der Waals surface area contributed by atoms with Crippen molar-refractivity contribution in [2.75, 3.05) is 14.1 Å². The van der Waals surface area contributed by atoms with Crippen molar-refractivity contribution in [2.24, 2.45) is 0 Å². The molecular weight excluding hydrogens is 214 g/mol. The third-order valence-corrected chi connectivity index (χ3v) is 3.23. The predicted octanol–water partition coefficient (Wildman–Crippen LogP) is 2.76. The van der Waals surface area contributed by atoms with Crippen LogP contribution in [0.1, 0.15) is 64.7 Å². The standard InChI is InChI=1S/C14H31NO2/c1-4-5-6-7-8-9-10-11-12-13(16)14(17)15(2)3/h13-14,16-17H,4-12H2,1-3H3. The summed E-state index contributed by atoms with van der Waals surface area (Å²) in [6.45, 7) is 2.23. The number of nitrogens with zero attached hydrogens (tertiary/aromatic N) is 1. The van der Waals surface area contributed by atoms with Crippen LogP contribution < -0.4 is 0 Å². The van der Waals surface area contributed by atoms with E-state index in [9.17, 15) is 10.2 Å². The molecule has 0 saturated heterocycles. The van der Waals surface area contributed by atoms with Crippen LogP contribution in [0.25, 0.3) is 0 Å². The van der Waals surface area contributed by atoms with Crippen LogP contribution in [-0.2, 0) is 0 Å². The highest BCUT2D eigenvalue weighted by molar-refractivity contribution is 4.64. The number of rotatable bonds is 11. The van der Waals surface area contributed by atoms with Gasteiger partial charge < -0.3 is 10.2 Å². The number of hydrogen-bond acceptors (Lipinski definition) is 3. The molecule has 0 amide bonds. The summed E-state index contributed by atoms with van der Waals surface area (Å²) in [6, 6.07) is 0. The Hall–Kier alpha value is -0.120. The summed E-state index contributed by atoms with van der Waals surface area (Å²) in [6.07, 6.45) is 9.49. The van der Waals surface area contributed by atoms with Crippen molar-refractivity contribution in [1.29, 1.82) is 0 Å². The topological polar surface area (TPSA) is 43.7 Å². The molecule has 0 radical (unpaired) electrons. The molecule has 104 valence electrons. The smallest absolute Gasteiger partial charge is 0.133 e. The Bertz CT molecular complexity index is 162. The summed E-state index contributed by atoms with van der Waals surface area (Å²) in [5.74, 6) is 0. The van der Waals surface area contributed by atoms with Crippen LogP contribution in [0.4, 0.5) is 0 Å².